The van der Waals surface area contributed by atoms with Crippen LogP contribution in [0.25, 0.3) is 11.0 Å². The lowest BCUT2D eigenvalue weighted by atomic mass is 10.2. The Kier molecular flexibility index (Phi) is 5.85. The predicted molar refractivity (Wildman–Crippen MR) is 108 cm³/mol. The Morgan fingerprint density at radius 1 is 1.18 bits per heavy atom. The number of halogens is 2. The Hall–Kier alpha value is -2.09. The van der Waals surface area contributed by atoms with Crippen molar-refractivity contribution in [2.75, 3.05) is 32.1 Å². The van der Waals surface area contributed by atoms with Gasteiger partial charge in [-0.05, 0) is 24.3 Å². The van der Waals surface area contributed by atoms with E-state index in [0.29, 0.717) is 42.0 Å². The molecule has 146 valence electrons. The van der Waals surface area contributed by atoms with Gasteiger partial charge < -0.3 is 14.2 Å². The van der Waals surface area contributed by atoms with Gasteiger partial charge in [0.1, 0.15) is 5.82 Å². The van der Waals surface area contributed by atoms with Crippen molar-refractivity contribution < 1.29 is 13.9 Å². The second-order valence-corrected chi connectivity index (χ2v) is 7.80. The van der Waals surface area contributed by atoms with Crippen molar-refractivity contribution in [2.45, 2.75) is 11.7 Å². The fraction of sp³-hybridized carbons (Fsp3) is 0.300. The van der Waals surface area contributed by atoms with Crippen LogP contribution in [-0.2, 0) is 16.1 Å². The minimum absolute atomic E-state index is 0.0517. The van der Waals surface area contributed by atoms with Crippen LogP contribution in [0, 0.1) is 5.82 Å². The van der Waals surface area contributed by atoms with Crippen LogP contribution in [0.15, 0.2) is 47.6 Å². The van der Waals surface area contributed by atoms with E-state index in [1.165, 1.54) is 17.8 Å². The van der Waals surface area contributed by atoms with E-state index in [9.17, 15) is 9.18 Å². The monoisotopic (exact) mass is 419 g/mol. The molecule has 2 aromatic carbocycles. The Morgan fingerprint density at radius 3 is 2.75 bits per heavy atom. The first-order valence-corrected chi connectivity index (χ1v) is 10.4. The van der Waals surface area contributed by atoms with Crippen LogP contribution in [0.5, 0.6) is 0 Å². The van der Waals surface area contributed by atoms with Gasteiger partial charge in [0, 0.05) is 23.7 Å². The van der Waals surface area contributed by atoms with Gasteiger partial charge >= 0.3 is 0 Å². The molecule has 0 atom stereocenters. The van der Waals surface area contributed by atoms with E-state index in [0.717, 1.165) is 11.0 Å². The van der Waals surface area contributed by atoms with Crippen LogP contribution in [-0.4, -0.2) is 52.4 Å². The number of aromatic nitrogens is 2. The summed E-state index contributed by atoms with van der Waals surface area (Å²) >= 11 is 7.59. The van der Waals surface area contributed by atoms with Crippen molar-refractivity contribution in [3.63, 3.8) is 0 Å². The zero-order chi connectivity index (χ0) is 19.5. The van der Waals surface area contributed by atoms with Gasteiger partial charge in [-0.15, -0.1) is 0 Å². The molecule has 0 unspecified atom stereocenters. The lowest BCUT2D eigenvalue weighted by molar-refractivity contribution is -0.132. The summed E-state index contributed by atoms with van der Waals surface area (Å²) in [6.07, 6.45) is 0. The van der Waals surface area contributed by atoms with Crippen LogP contribution in [0.4, 0.5) is 4.39 Å². The van der Waals surface area contributed by atoms with Crippen LogP contribution < -0.4 is 0 Å². The zero-order valence-corrected chi connectivity index (χ0v) is 16.7. The molecule has 2 heterocycles. The van der Waals surface area contributed by atoms with Gasteiger partial charge in [0.25, 0.3) is 0 Å². The molecule has 8 heteroatoms. The Balaban J connectivity index is 1.61. The number of para-hydroxylation sites is 2. The van der Waals surface area contributed by atoms with E-state index in [1.54, 1.807) is 17.0 Å². The normalized spacial score (nSPS) is 14.6. The summed E-state index contributed by atoms with van der Waals surface area (Å²) in [5.41, 5.74) is 2.09. The highest BCUT2D eigenvalue weighted by Gasteiger charge is 2.20. The molecule has 28 heavy (non-hydrogen) atoms. The molecule has 1 amide bonds. The van der Waals surface area contributed by atoms with E-state index >= 15 is 0 Å². The number of fused-ring (bicyclic) bond motifs is 1. The Morgan fingerprint density at radius 2 is 1.96 bits per heavy atom. The van der Waals surface area contributed by atoms with Gasteiger partial charge in [0.15, 0.2) is 5.16 Å². The van der Waals surface area contributed by atoms with E-state index in [-0.39, 0.29) is 24.0 Å². The molecule has 5 nitrogen and oxygen atoms in total. The summed E-state index contributed by atoms with van der Waals surface area (Å²) in [7, 11) is 0. The number of carbonyl (C=O) groups is 1. The lowest BCUT2D eigenvalue weighted by Crippen LogP contribution is -2.41. The van der Waals surface area contributed by atoms with E-state index < -0.39 is 0 Å². The molecule has 0 N–H and O–H groups in total. The maximum absolute atomic E-state index is 14.3. The molecule has 1 fully saturated rings. The number of hydrogen-bond acceptors (Lipinski definition) is 4. The summed E-state index contributed by atoms with van der Waals surface area (Å²) < 4.78 is 21.5. The summed E-state index contributed by atoms with van der Waals surface area (Å²) in [6, 6.07) is 12.3. The van der Waals surface area contributed by atoms with Gasteiger partial charge in [-0.25, -0.2) is 9.37 Å². The number of nitrogens with zero attached hydrogens (tertiary/aromatic N) is 3. The van der Waals surface area contributed by atoms with Gasteiger partial charge in [-0.2, -0.15) is 0 Å². The number of benzene rings is 2. The minimum atomic E-state index is -0.356. The topological polar surface area (TPSA) is 47.4 Å². The number of amides is 1. The molecule has 1 aliphatic heterocycles. The van der Waals surface area contributed by atoms with Crippen molar-refractivity contribution in [2.24, 2.45) is 0 Å². The zero-order valence-electron chi connectivity index (χ0n) is 15.1. The smallest absolute Gasteiger partial charge is 0.233 e. The fourth-order valence-electron chi connectivity index (χ4n) is 3.19. The first-order valence-electron chi connectivity index (χ1n) is 9.00. The summed E-state index contributed by atoms with van der Waals surface area (Å²) in [5, 5.41) is 1.04. The van der Waals surface area contributed by atoms with E-state index in [2.05, 4.69) is 4.98 Å². The molecule has 0 bridgehead atoms. The summed E-state index contributed by atoms with van der Waals surface area (Å²) in [6.45, 7) is 2.61. The number of morpholine rings is 1. The predicted octanol–water partition coefficient (Wildman–Crippen LogP) is 3.83. The average Bonchev–Trinajstić information content (AvgIpc) is 3.07. The quantitative estimate of drug-likeness (QED) is 0.590. The molecule has 3 aromatic rings. The fourth-order valence-corrected chi connectivity index (χ4v) is 4.33. The standard InChI is InChI=1S/C20H19ClFN3O2S/c21-15-4-3-5-16(22)14(15)12-25-18-7-2-1-6-17(18)23-20(25)28-13-19(26)24-8-10-27-11-9-24/h1-7H,8-13H2. The van der Waals surface area contributed by atoms with Crippen LogP contribution >= 0.6 is 23.4 Å². The molecule has 0 aliphatic carbocycles. The second-order valence-electron chi connectivity index (χ2n) is 6.45. The van der Waals surface area contributed by atoms with Crippen molar-refractivity contribution >= 4 is 40.3 Å². The highest BCUT2D eigenvalue weighted by molar-refractivity contribution is 7.99. The first kappa shape index (κ1) is 19.2. The first-order chi connectivity index (χ1) is 13.6. The maximum Gasteiger partial charge on any atom is 0.233 e. The lowest BCUT2D eigenvalue weighted by Gasteiger charge is -2.26. The highest BCUT2D eigenvalue weighted by Crippen LogP contribution is 2.28. The van der Waals surface area contributed by atoms with Crippen molar-refractivity contribution in [3.05, 3.63) is 58.9 Å². The Bertz CT molecular complexity index is 984. The van der Waals surface area contributed by atoms with Crippen molar-refractivity contribution in [1.29, 1.82) is 0 Å². The molecule has 4 rings (SSSR count). The molecule has 0 spiro atoms. The van der Waals surface area contributed by atoms with Crippen LogP contribution in [0.1, 0.15) is 5.56 Å². The number of rotatable bonds is 5. The minimum Gasteiger partial charge on any atom is -0.378 e. The highest BCUT2D eigenvalue weighted by atomic mass is 35.5. The average molecular weight is 420 g/mol. The number of imidazole rings is 1. The summed E-state index contributed by atoms with van der Waals surface area (Å²) in [4.78, 5) is 18.9. The maximum atomic E-state index is 14.3. The second kappa shape index (κ2) is 8.51. The number of thioether (sulfide) groups is 1. The molecular formula is C20H19ClFN3O2S. The van der Waals surface area contributed by atoms with E-state index in [4.69, 9.17) is 16.3 Å². The number of carbonyl (C=O) groups excluding carboxylic acids is 1. The van der Waals surface area contributed by atoms with Gasteiger partial charge in [0.05, 0.1) is 36.5 Å². The van der Waals surface area contributed by atoms with Gasteiger partial charge in [0.2, 0.25) is 5.91 Å². The third-order valence-electron chi connectivity index (χ3n) is 4.69. The molecule has 1 aliphatic rings. The third kappa shape index (κ3) is 4.01. The molecule has 1 aromatic heterocycles. The van der Waals surface area contributed by atoms with E-state index in [1.807, 2.05) is 28.8 Å². The number of hydrogen-bond donors (Lipinski definition) is 0. The van der Waals surface area contributed by atoms with Gasteiger partial charge in [-0.1, -0.05) is 41.6 Å². The van der Waals surface area contributed by atoms with Crippen molar-refractivity contribution in [3.8, 4) is 0 Å². The molecule has 0 radical (unpaired) electrons. The Labute approximate surface area is 171 Å². The van der Waals surface area contributed by atoms with Gasteiger partial charge in [-0.3, -0.25) is 4.79 Å². The number of ether oxygens (including phenoxy) is 1. The SMILES string of the molecule is O=C(CSc1nc2ccccc2n1Cc1c(F)cccc1Cl)N1CCOCC1. The van der Waals surface area contributed by atoms with Crippen LogP contribution in [0.2, 0.25) is 5.02 Å². The molecule has 1 saturated heterocycles. The van der Waals surface area contributed by atoms with Crippen LogP contribution in [0.3, 0.4) is 0 Å². The largest absolute Gasteiger partial charge is 0.378 e. The van der Waals surface area contributed by atoms with Crippen molar-refractivity contribution in [1.82, 2.24) is 14.5 Å². The summed E-state index contributed by atoms with van der Waals surface area (Å²) in [5.74, 6) is -0.0321. The molecular weight excluding hydrogens is 401 g/mol. The molecule has 0 saturated carbocycles. The third-order valence-corrected chi connectivity index (χ3v) is 6.00.